The molecule has 1 saturated heterocycles. The second-order valence-electron chi connectivity index (χ2n) is 5.06. The molecule has 1 aromatic rings. The molecule has 1 amide bonds. The molecule has 1 aliphatic heterocycles. The standard InChI is InChI=1S/C14H22N2O2S/c1-11-12(2)18-14(15-11)19-10-13(17)16-8-6-4-3-5-7-9-16/h3-10H2,1-2H3. The van der Waals surface area contributed by atoms with Gasteiger partial charge in [-0.15, -0.1) is 0 Å². The summed E-state index contributed by atoms with van der Waals surface area (Å²) in [6, 6.07) is 0. The first-order valence-corrected chi connectivity index (χ1v) is 8.00. The number of hydrogen-bond donors (Lipinski definition) is 0. The summed E-state index contributed by atoms with van der Waals surface area (Å²) in [7, 11) is 0. The third kappa shape index (κ3) is 4.27. The van der Waals surface area contributed by atoms with Gasteiger partial charge in [-0.05, 0) is 26.7 Å². The second kappa shape index (κ2) is 6.98. The van der Waals surface area contributed by atoms with Crippen molar-refractivity contribution in [1.82, 2.24) is 9.88 Å². The van der Waals surface area contributed by atoms with E-state index in [-0.39, 0.29) is 5.91 Å². The molecule has 106 valence electrons. The lowest BCUT2D eigenvalue weighted by Gasteiger charge is -2.24. The molecule has 0 aliphatic carbocycles. The number of hydrogen-bond acceptors (Lipinski definition) is 4. The Morgan fingerprint density at radius 3 is 2.42 bits per heavy atom. The van der Waals surface area contributed by atoms with Gasteiger partial charge >= 0.3 is 0 Å². The van der Waals surface area contributed by atoms with Gasteiger partial charge in [0.2, 0.25) is 5.91 Å². The number of amides is 1. The summed E-state index contributed by atoms with van der Waals surface area (Å²) in [6.07, 6.45) is 6.07. The maximum atomic E-state index is 12.2. The van der Waals surface area contributed by atoms with E-state index in [2.05, 4.69) is 4.98 Å². The van der Waals surface area contributed by atoms with E-state index in [0.29, 0.717) is 11.0 Å². The number of thioether (sulfide) groups is 1. The van der Waals surface area contributed by atoms with Crippen molar-refractivity contribution >= 4 is 17.7 Å². The topological polar surface area (TPSA) is 46.3 Å². The van der Waals surface area contributed by atoms with Crippen molar-refractivity contribution in [3.63, 3.8) is 0 Å². The van der Waals surface area contributed by atoms with Crippen LogP contribution in [0.1, 0.15) is 43.6 Å². The Morgan fingerprint density at radius 2 is 1.84 bits per heavy atom. The normalized spacial score (nSPS) is 17.1. The van der Waals surface area contributed by atoms with Crippen molar-refractivity contribution in [2.24, 2.45) is 0 Å². The molecular formula is C14H22N2O2S. The molecule has 4 nitrogen and oxygen atoms in total. The Labute approximate surface area is 118 Å². The summed E-state index contributed by atoms with van der Waals surface area (Å²) in [6.45, 7) is 5.63. The molecule has 0 spiro atoms. The van der Waals surface area contributed by atoms with Crippen LogP contribution in [-0.2, 0) is 4.79 Å². The number of aryl methyl sites for hydroxylation is 2. The summed E-state index contributed by atoms with van der Waals surface area (Å²) < 4.78 is 5.48. The number of oxazole rings is 1. The van der Waals surface area contributed by atoms with E-state index in [4.69, 9.17) is 4.42 Å². The Hall–Kier alpha value is -0.970. The minimum Gasteiger partial charge on any atom is -0.437 e. The summed E-state index contributed by atoms with van der Waals surface area (Å²) in [4.78, 5) is 18.4. The number of rotatable bonds is 3. The van der Waals surface area contributed by atoms with Crippen LogP contribution in [0.3, 0.4) is 0 Å². The quantitative estimate of drug-likeness (QED) is 0.799. The van der Waals surface area contributed by atoms with E-state index >= 15 is 0 Å². The van der Waals surface area contributed by atoms with Crippen LogP contribution < -0.4 is 0 Å². The van der Waals surface area contributed by atoms with Gasteiger partial charge in [0.25, 0.3) is 5.22 Å². The van der Waals surface area contributed by atoms with Gasteiger partial charge < -0.3 is 9.32 Å². The average Bonchev–Trinajstić information content (AvgIpc) is 2.65. The lowest BCUT2D eigenvalue weighted by Crippen LogP contribution is -2.35. The molecule has 0 atom stereocenters. The fourth-order valence-electron chi connectivity index (χ4n) is 2.22. The molecule has 0 bridgehead atoms. The fourth-order valence-corrected chi connectivity index (χ4v) is 3.03. The predicted octanol–water partition coefficient (Wildman–Crippen LogP) is 3.18. The highest BCUT2D eigenvalue weighted by Gasteiger charge is 2.16. The Kier molecular flexibility index (Phi) is 5.31. The second-order valence-corrected chi connectivity index (χ2v) is 5.99. The van der Waals surface area contributed by atoms with Crippen molar-refractivity contribution < 1.29 is 9.21 Å². The lowest BCUT2D eigenvalue weighted by molar-refractivity contribution is -0.128. The molecule has 1 fully saturated rings. The molecule has 1 aliphatic rings. The SMILES string of the molecule is Cc1nc(SCC(=O)N2CCCCCCC2)oc1C. The van der Waals surface area contributed by atoms with Crippen LogP contribution in [0.5, 0.6) is 0 Å². The first-order chi connectivity index (χ1) is 9.16. The largest absolute Gasteiger partial charge is 0.437 e. The summed E-state index contributed by atoms with van der Waals surface area (Å²) in [5.74, 6) is 1.47. The maximum Gasteiger partial charge on any atom is 0.256 e. The van der Waals surface area contributed by atoms with E-state index in [1.807, 2.05) is 18.7 Å². The first-order valence-electron chi connectivity index (χ1n) is 7.01. The van der Waals surface area contributed by atoms with Crippen LogP contribution in [0.25, 0.3) is 0 Å². The zero-order valence-corrected chi connectivity index (χ0v) is 12.6. The zero-order valence-electron chi connectivity index (χ0n) is 11.8. The number of aromatic nitrogens is 1. The monoisotopic (exact) mass is 282 g/mol. The van der Waals surface area contributed by atoms with Gasteiger partial charge in [0.15, 0.2) is 0 Å². The summed E-state index contributed by atoms with van der Waals surface area (Å²) >= 11 is 1.40. The Balaban J connectivity index is 1.82. The maximum absolute atomic E-state index is 12.2. The third-order valence-electron chi connectivity index (χ3n) is 3.54. The van der Waals surface area contributed by atoms with E-state index in [0.717, 1.165) is 37.4 Å². The zero-order chi connectivity index (χ0) is 13.7. The summed E-state index contributed by atoms with van der Waals surface area (Å²) in [5.41, 5.74) is 0.904. The van der Waals surface area contributed by atoms with E-state index in [1.54, 1.807) is 0 Å². The molecule has 0 N–H and O–H groups in total. The molecule has 0 unspecified atom stereocenters. The van der Waals surface area contributed by atoms with Crippen LogP contribution in [0.2, 0.25) is 0 Å². The summed E-state index contributed by atoms with van der Waals surface area (Å²) in [5, 5.41) is 0.607. The number of carbonyl (C=O) groups excluding carboxylic acids is 1. The van der Waals surface area contributed by atoms with Crippen LogP contribution in [-0.4, -0.2) is 34.6 Å². The predicted molar refractivity (Wildman–Crippen MR) is 76.4 cm³/mol. The highest BCUT2D eigenvalue weighted by molar-refractivity contribution is 7.99. The van der Waals surface area contributed by atoms with Crippen molar-refractivity contribution in [3.05, 3.63) is 11.5 Å². The van der Waals surface area contributed by atoms with E-state index in [9.17, 15) is 4.79 Å². The molecule has 2 heterocycles. The van der Waals surface area contributed by atoms with Crippen LogP contribution in [0, 0.1) is 13.8 Å². The average molecular weight is 282 g/mol. The molecule has 2 rings (SSSR count). The van der Waals surface area contributed by atoms with Crippen molar-refractivity contribution in [3.8, 4) is 0 Å². The first kappa shape index (κ1) is 14.4. The molecule has 0 radical (unpaired) electrons. The van der Waals surface area contributed by atoms with Gasteiger partial charge in [0, 0.05) is 13.1 Å². The van der Waals surface area contributed by atoms with E-state index in [1.165, 1.54) is 31.0 Å². The van der Waals surface area contributed by atoms with Crippen molar-refractivity contribution in [2.45, 2.75) is 51.2 Å². The van der Waals surface area contributed by atoms with Gasteiger partial charge in [-0.3, -0.25) is 4.79 Å². The minimum absolute atomic E-state index is 0.209. The molecule has 0 aromatic carbocycles. The van der Waals surface area contributed by atoms with Gasteiger partial charge in [-0.2, -0.15) is 0 Å². The number of likely N-dealkylation sites (tertiary alicyclic amines) is 1. The van der Waals surface area contributed by atoms with Crippen LogP contribution in [0.4, 0.5) is 0 Å². The van der Waals surface area contributed by atoms with Gasteiger partial charge in [-0.1, -0.05) is 31.0 Å². The Bertz CT molecular complexity index is 404. The third-order valence-corrected chi connectivity index (χ3v) is 4.35. The van der Waals surface area contributed by atoms with Crippen LogP contribution in [0.15, 0.2) is 9.64 Å². The fraction of sp³-hybridized carbons (Fsp3) is 0.714. The van der Waals surface area contributed by atoms with Gasteiger partial charge in [0.05, 0.1) is 11.4 Å². The molecular weight excluding hydrogens is 260 g/mol. The molecule has 1 aromatic heterocycles. The highest BCUT2D eigenvalue weighted by atomic mass is 32.2. The number of nitrogens with zero attached hydrogens (tertiary/aromatic N) is 2. The molecule has 0 saturated carbocycles. The van der Waals surface area contributed by atoms with Crippen molar-refractivity contribution in [2.75, 3.05) is 18.8 Å². The van der Waals surface area contributed by atoms with E-state index < -0.39 is 0 Å². The highest BCUT2D eigenvalue weighted by Crippen LogP contribution is 2.21. The number of carbonyl (C=O) groups is 1. The van der Waals surface area contributed by atoms with Crippen molar-refractivity contribution in [1.29, 1.82) is 0 Å². The lowest BCUT2D eigenvalue weighted by atomic mass is 10.1. The van der Waals surface area contributed by atoms with Crippen LogP contribution >= 0.6 is 11.8 Å². The molecule has 19 heavy (non-hydrogen) atoms. The van der Waals surface area contributed by atoms with Gasteiger partial charge in [0.1, 0.15) is 5.76 Å². The Morgan fingerprint density at radius 1 is 1.21 bits per heavy atom. The van der Waals surface area contributed by atoms with Gasteiger partial charge in [-0.25, -0.2) is 4.98 Å². The molecule has 5 heteroatoms. The smallest absolute Gasteiger partial charge is 0.256 e. The minimum atomic E-state index is 0.209.